The Morgan fingerprint density at radius 3 is 2.69 bits per heavy atom. The van der Waals surface area contributed by atoms with E-state index in [2.05, 4.69) is 84.7 Å². The fourth-order valence-corrected chi connectivity index (χ4v) is 4.39. The van der Waals surface area contributed by atoms with Gasteiger partial charge in [0.15, 0.2) is 0 Å². The average molecular weight is 389 g/mol. The maximum Gasteiger partial charge on any atom is 0.124 e. The van der Waals surface area contributed by atoms with Gasteiger partial charge in [0.2, 0.25) is 0 Å². The van der Waals surface area contributed by atoms with Gasteiger partial charge < -0.3 is 10.1 Å². The summed E-state index contributed by atoms with van der Waals surface area (Å²) in [4.78, 5) is 2.59. The Kier molecular flexibility index (Phi) is 6.48. The van der Waals surface area contributed by atoms with Crippen molar-refractivity contribution in [3.05, 3.63) is 77.4 Å². The number of likely N-dealkylation sites (tertiary alicyclic amines) is 1. The normalized spacial score (nSPS) is 17.1. The van der Waals surface area contributed by atoms with Crippen LogP contribution in [0.3, 0.4) is 0 Å². The predicted octanol–water partition coefficient (Wildman–Crippen LogP) is 5.30. The zero-order valence-corrected chi connectivity index (χ0v) is 17.7. The van der Waals surface area contributed by atoms with Crippen LogP contribution in [0.25, 0.3) is 10.8 Å². The molecule has 4 rings (SSSR count). The van der Waals surface area contributed by atoms with Gasteiger partial charge in [0.1, 0.15) is 12.4 Å². The summed E-state index contributed by atoms with van der Waals surface area (Å²) in [6.45, 7) is 9.22. The Labute approximate surface area is 174 Å². The third kappa shape index (κ3) is 4.80. The maximum atomic E-state index is 6.29. The van der Waals surface area contributed by atoms with Crippen LogP contribution >= 0.6 is 0 Å². The van der Waals surface area contributed by atoms with Gasteiger partial charge in [-0.25, -0.2) is 0 Å². The van der Waals surface area contributed by atoms with Crippen molar-refractivity contribution in [2.45, 2.75) is 45.9 Å². The second kappa shape index (κ2) is 9.43. The SMILES string of the molecule is CCN1CCCC1CNCc1c(OCc2ccc(C)cc2)ccc2ccccc12. The Bertz CT molecular complexity index is 935. The number of nitrogens with one attached hydrogen (secondary N) is 1. The van der Waals surface area contributed by atoms with Gasteiger partial charge in [-0.2, -0.15) is 0 Å². The summed E-state index contributed by atoms with van der Waals surface area (Å²) in [7, 11) is 0. The first-order chi connectivity index (χ1) is 14.2. The number of rotatable bonds is 8. The number of hydrogen-bond acceptors (Lipinski definition) is 3. The van der Waals surface area contributed by atoms with Crippen LogP contribution in [0.1, 0.15) is 36.5 Å². The summed E-state index contributed by atoms with van der Waals surface area (Å²) < 4.78 is 6.29. The van der Waals surface area contributed by atoms with Gasteiger partial charge in [-0.1, -0.05) is 67.1 Å². The Morgan fingerprint density at radius 1 is 1.03 bits per heavy atom. The molecule has 1 saturated heterocycles. The van der Waals surface area contributed by atoms with E-state index in [0.29, 0.717) is 12.6 Å². The number of likely N-dealkylation sites (N-methyl/N-ethyl adjacent to an activating group) is 1. The van der Waals surface area contributed by atoms with E-state index < -0.39 is 0 Å². The van der Waals surface area contributed by atoms with Crippen molar-refractivity contribution < 1.29 is 4.74 Å². The standard InChI is InChI=1S/C26H32N2O/c1-3-28-16-6-8-23(28)17-27-18-25-24-9-5-4-7-22(24)14-15-26(25)29-19-21-12-10-20(2)11-13-21/h4-5,7,9-15,23,27H,3,6,8,16-19H2,1-2H3. The van der Waals surface area contributed by atoms with Gasteiger partial charge in [-0.05, 0) is 55.3 Å². The minimum absolute atomic E-state index is 0.595. The van der Waals surface area contributed by atoms with Gasteiger partial charge in [0, 0.05) is 24.7 Å². The number of nitrogens with zero attached hydrogens (tertiary/aromatic N) is 1. The summed E-state index contributed by atoms with van der Waals surface area (Å²) in [5.74, 6) is 0.982. The second-order valence-electron chi connectivity index (χ2n) is 8.09. The molecule has 1 N–H and O–H groups in total. The molecule has 0 aromatic heterocycles. The van der Waals surface area contributed by atoms with Crippen molar-refractivity contribution >= 4 is 10.8 Å². The minimum Gasteiger partial charge on any atom is -0.489 e. The van der Waals surface area contributed by atoms with Crippen molar-refractivity contribution in [1.29, 1.82) is 0 Å². The smallest absolute Gasteiger partial charge is 0.124 e. The zero-order valence-electron chi connectivity index (χ0n) is 17.7. The molecule has 1 aliphatic rings. The molecule has 1 aliphatic heterocycles. The largest absolute Gasteiger partial charge is 0.489 e. The van der Waals surface area contributed by atoms with E-state index in [0.717, 1.165) is 25.4 Å². The third-order valence-electron chi connectivity index (χ3n) is 6.10. The second-order valence-corrected chi connectivity index (χ2v) is 8.09. The van der Waals surface area contributed by atoms with Crippen molar-refractivity contribution in [2.24, 2.45) is 0 Å². The summed E-state index contributed by atoms with van der Waals surface area (Å²) in [6, 6.07) is 22.1. The van der Waals surface area contributed by atoms with Crippen molar-refractivity contribution in [3.8, 4) is 5.75 Å². The molecule has 0 aliphatic carbocycles. The molecule has 0 radical (unpaired) electrons. The summed E-state index contributed by atoms with van der Waals surface area (Å²) in [5, 5.41) is 6.27. The molecule has 0 saturated carbocycles. The van der Waals surface area contributed by atoms with Crippen molar-refractivity contribution in [3.63, 3.8) is 0 Å². The van der Waals surface area contributed by atoms with Crippen LogP contribution in [-0.2, 0) is 13.2 Å². The molecule has 3 aromatic rings. The molecule has 152 valence electrons. The number of aryl methyl sites for hydroxylation is 1. The highest BCUT2D eigenvalue weighted by molar-refractivity contribution is 5.87. The lowest BCUT2D eigenvalue weighted by atomic mass is 10.0. The van der Waals surface area contributed by atoms with Crippen LogP contribution in [0.5, 0.6) is 5.75 Å². The number of benzene rings is 3. The molecule has 0 spiro atoms. The first-order valence-corrected chi connectivity index (χ1v) is 10.9. The highest BCUT2D eigenvalue weighted by Gasteiger charge is 2.22. The summed E-state index contributed by atoms with van der Waals surface area (Å²) >= 11 is 0. The maximum absolute atomic E-state index is 6.29. The lowest BCUT2D eigenvalue weighted by Gasteiger charge is -2.23. The quantitative estimate of drug-likeness (QED) is 0.567. The Morgan fingerprint density at radius 2 is 1.86 bits per heavy atom. The monoisotopic (exact) mass is 388 g/mol. The fourth-order valence-electron chi connectivity index (χ4n) is 4.39. The van der Waals surface area contributed by atoms with E-state index in [1.165, 1.54) is 46.8 Å². The Balaban J connectivity index is 1.50. The molecular weight excluding hydrogens is 356 g/mol. The van der Waals surface area contributed by atoms with Crippen LogP contribution < -0.4 is 10.1 Å². The van der Waals surface area contributed by atoms with Crippen molar-refractivity contribution in [2.75, 3.05) is 19.6 Å². The van der Waals surface area contributed by atoms with Crippen LogP contribution in [0, 0.1) is 6.92 Å². The minimum atomic E-state index is 0.595. The van der Waals surface area contributed by atoms with Crippen molar-refractivity contribution in [1.82, 2.24) is 10.2 Å². The van der Waals surface area contributed by atoms with E-state index in [1.54, 1.807) is 0 Å². The molecule has 3 nitrogen and oxygen atoms in total. The van der Waals surface area contributed by atoms with E-state index in [1.807, 2.05) is 0 Å². The van der Waals surface area contributed by atoms with Gasteiger partial charge in [-0.15, -0.1) is 0 Å². The van der Waals surface area contributed by atoms with Crippen LogP contribution in [-0.4, -0.2) is 30.6 Å². The Hall–Kier alpha value is -2.36. The van der Waals surface area contributed by atoms with E-state index in [9.17, 15) is 0 Å². The molecule has 1 unspecified atom stereocenters. The van der Waals surface area contributed by atoms with E-state index in [4.69, 9.17) is 4.74 Å². The highest BCUT2D eigenvalue weighted by atomic mass is 16.5. The van der Waals surface area contributed by atoms with Crippen LogP contribution in [0.4, 0.5) is 0 Å². The molecule has 0 amide bonds. The molecule has 3 aromatic carbocycles. The molecule has 1 fully saturated rings. The summed E-state index contributed by atoms with van der Waals surface area (Å²) in [6.07, 6.45) is 2.62. The molecule has 1 atom stereocenters. The first-order valence-electron chi connectivity index (χ1n) is 10.9. The fraction of sp³-hybridized carbons (Fsp3) is 0.385. The molecule has 29 heavy (non-hydrogen) atoms. The topological polar surface area (TPSA) is 24.5 Å². The zero-order chi connectivity index (χ0) is 20.1. The highest BCUT2D eigenvalue weighted by Crippen LogP contribution is 2.29. The third-order valence-corrected chi connectivity index (χ3v) is 6.10. The average Bonchev–Trinajstić information content (AvgIpc) is 3.21. The number of hydrogen-bond donors (Lipinski definition) is 1. The summed E-state index contributed by atoms with van der Waals surface area (Å²) in [5.41, 5.74) is 3.74. The van der Waals surface area contributed by atoms with Crippen LogP contribution in [0.15, 0.2) is 60.7 Å². The van der Waals surface area contributed by atoms with E-state index >= 15 is 0 Å². The predicted molar refractivity (Wildman–Crippen MR) is 121 cm³/mol. The lowest BCUT2D eigenvalue weighted by molar-refractivity contribution is 0.259. The number of ether oxygens (including phenoxy) is 1. The van der Waals surface area contributed by atoms with Gasteiger partial charge in [0.25, 0.3) is 0 Å². The molecule has 1 heterocycles. The number of fused-ring (bicyclic) bond motifs is 1. The molecule has 3 heteroatoms. The van der Waals surface area contributed by atoms with E-state index in [-0.39, 0.29) is 0 Å². The van der Waals surface area contributed by atoms with Gasteiger partial charge in [0.05, 0.1) is 0 Å². The lowest BCUT2D eigenvalue weighted by Crippen LogP contribution is -2.37. The molecular formula is C26H32N2O. The first kappa shape index (κ1) is 19.9. The van der Waals surface area contributed by atoms with Gasteiger partial charge in [-0.3, -0.25) is 4.90 Å². The molecule has 0 bridgehead atoms. The van der Waals surface area contributed by atoms with Gasteiger partial charge >= 0.3 is 0 Å². The van der Waals surface area contributed by atoms with Crippen LogP contribution in [0.2, 0.25) is 0 Å².